The Balaban J connectivity index is 2.33. The highest BCUT2D eigenvalue weighted by molar-refractivity contribution is 7.99. The van der Waals surface area contributed by atoms with E-state index in [9.17, 15) is 8.42 Å². The monoisotopic (exact) mass is 339 g/mol. The van der Waals surface area contributed by atoms with E-state index in [-0.39, 0.29) is 9.92 Å². The van der Waals surface area contributed by atoms with Crippen LogP contribution in [0.15, 0.2) is 71.0 Å². The molecule has 0 aromatic heterocycles. The minimum absolute atomic E-state index is 0.0650. The molecule has 2 rings (SSSR count). The quantitative estimate of drug-likeness (QED) is 0.626. The molecule has 0 amide bonds. The van der Waals surface area contributed by atoms with Crippen molar-refractivity contribution in [3.8, 4) is 0 Å². The van der Waals surface area contributed by atoms with Crippen LogP contribution in [-0.4, -0.2) is 14.2 Å². The van der Waals surface area contributed by atoms with Gasteiger partial charge in [0.25, 0.3) is 10.0 Å². The summed E-state index contributed by atoms with van der Waals surface area (Å²) in [5, 5.41) is 0.196. The fourth-order valence-corrected chi connectivity index (χ4v) is 4.10. The van der Waals surface area contributed by atoms with E-state index in [1.807, 2.05) is 12.1 Å². The van der Waals surface area contributed by atoms with Crippen LogP contribution in [0.2, 0.25) is 5.02 Å². The summed E-state index contributed by atoms with van der Waals surface area (Å²) in [6.07, 6.45) is 1.77. The summed E-state index contributed by atoms with van der Waals surface area (Å²) in [5.74, 6) is 0.699. The van der Waals surface area contributed by atoms with Gasteiger partial charge in [-0.05, 0) is 24.3 Å². The van der Waals surface area contributed by atoms with E-state index in [4.69, 9.17) is 11.6 Å². The van der Waals surface area contributed by atoms with Crippen molar-refractivity contribution in [2.45, 2.75) is 9.79 Å². The van der Waals surface area contributed by atoms with E-state index in [2.05, 4.69) is 11.3 Å². The summed E-state index contributed by atoms with van der Waals surface area (Å²) in [6.45, 7) is 3.66. The van der Waals surface area contributed by atoms with Crippen LogP contribution in [0.4, 0.5) is 5.69 Å². The van der Waals surface area contributed by atoms with Crippen LogP contribution in [-0.2, 0) is 10.0 Å². The highest BCUT2D eigenvalue weighted by atomic mass is 35.5. The zero-order valence-electron chi connectivity index (χ0n) is 11.1. The van der Waals surface area contributed by atoms with Gasteiger partial charge in [-0.1, -0.05) is 41.9 Å². The molecule has 1 N–H and O–H groups in total. The molecule has 0 unspecified atom stereocenters. The molecule has 0 fully saturated rings. The Labute approximate surface area is 134 Å². The van der Waals surface area contributed by atoms with E-state index in [0.29, 0.717) is 11.4 Å². The first-order valence-electron chi connectivity index (χ1n) is 6.14. The third kappa shape index (κ3) is 4.03. The molecule has 110 valence electrons. The molecule has 0 bridgehead atoms. The molecule has 0 saturated carbocycles. The zero-order chi connectivity index (χ0) is 15.3. The smallest absolute Gasteiger partial charge is 0.263 e. The Morgan fingerprint density at radius 1 is 1.14 bits per heavy atom. The Hall–Kier alpha value is -1.43. The van der Waals surface area contributed by atoms with Gasteiger partial charge in [0.15, 0.2) is 0 Å². The topological polar surface area (TPSA) is 46.2 Å². The average Bonchev–Trinajstić information content (AvgIpc) is 2.46. The van der Waals surface area contributed by atoms with Gasteiger partial charge in [0.2, 0.25) is 0 Å². The Kier molecular flexibility index (Phi) is 5.33. The molecule has 3 nitrogen and oxygen atoms in total. The first kappa shape index (κ1) is 15.9. The molecular weight excluding hydrogens is 326 g/mol. The van der Waals surface area contributed by atoms with Gasteiger partial charge >= 0.3 is 0 Å². The summed E-state index contributed by atoms with van der Waals surface area (Å²) in [5.41, 5.74) is 0.532. The maximum absolute atomic E-state index is 12.4. The van der Waals surface area contributed by atoms with E-state index < -0.39 is 10.0 Å². The lowest BCUT2D eigenvalue weighted by atomic mass is 10.3. The number of para-hydroxylation sites is 1. The van der Waals surface area contributed by atoms with Gasteiger partial charge in [-0.15, -0.1) is 18.3 Å². The molecular formula is C15H14ClNO2S2. The molecule has 0 aliphatic heterocycles. The van der Waals surface area contributed by atoms with Gasteiger partial charge in [0.1, 0.15) is 4.90 Å². The zero-order valence-corrected chi connectivity index (χ0v) is 13.5. The Bertz CT molecular complexity index is 745. The summed E-state index contributed by atoms with van der Waals surface area (Å²) in [7, 11) is -3.71. The van der Waals surface area contributed by atoms with Crippen molar-refractivity contribution in [1.82, 2.24) is 0 Å². The van der Waals surface area contributed by atoms with Gasteiger partial charge in [-0.3, -0.25) is 4.72 Å². The van der Waals surface area contributed by atoms with E-state index in [1.165, 1.54) is 17.8 Å². The van der Waals surface area contributed by atoms with Crippen molar-refractivity contribution in [2.75, 3.05) is 10.5 Å². The number of thioether (sulfide) groups is 1. The van der Waals surface area contributed by atoms with E-state index in [1.54, 1.807) is 36.4 Å². The van der Waals surface area contributed by atoms with Crippen LogP contribution < -0.4 is 4.72 Å². The van der Waals surface area contributed by atoms with Crippen molar-refractivity contribution >= 4 is 39.1 Å². The molecule has 0 aliphatic carbocycles. The maximum atomic E-state index is 12.4. The number of benzene rings is 2. The van der Waals surface area contributed by atoms with Crippen molar-refractivity contribution < 1.29 is 8.42 Å². The molecule has 0 heterocycles. The number of hydrogen-bond acceptors (Lipinski definition) is 3. The largest absolute Gasteiger partial charge is 0.278 e. The molecule has 0 radical (unpaired) electrons. The van der Waals surface area contributed by atoms with Gasteiger partial charge in [-0.25, -0.2) is 8.42 Å². The molecule has 21 heavy (non-hydrogen) atoms. The first-order chi connectivity index (χ1) is 10.0. The SMILES string of the molecule is C=CCSc1ccccc1NS(=O)(=O)c1ccccc1Cl. The van der Waals surface area contributed by atoms with E-state index >= 15 is 0 Å². The Morgan fingerprint density at radius 3 is 2.52 bits per heavy atom. The van der Waals surface area contributed by atoms with Crippen LogP contribution in [0.25, 0.3) is 0 Å². The predicted octanol–water partition coefficient (Wildman–Crippen LogP) is 4.42. The first-order valence-corrected chi connectivity index (χ1v) is 8.99. The number of rotatable bonds is 6. The molecule has 0 aliphatic rings. The number of sulfonamides is 1. The summed E-state index contributed by atoms with van der Waals surface area (Å²) in [6, 6.07) is 13.6. The third-order valence-corrected chi connectivity index (χ3v) is 5.55. The molecule has 6 heteroatoms. The summed E-state index contributed by atoms with van der Waals surface area (Å²) in [4.78, 5) is 0.906. The van der Waals surface area contributed by atoms with Crippen molar-refractivity contribution in [3.05, 3.63) is 66.2 Å². The van der Waals surface area contributed by atoms with Gasteiger partial charge in [0.05, 0.1) is 10.7 Å². The molecule has 2 aromatic rings. The number of nitrogens with one attached hydrogen (secondary N) is 1. The van der Waals surface area contributed by atoms with Crippen LogP contribution >= 0.6 is 23.4 Å². The highest BCUT2D eigenvalue weighted by Gasteiger charge is 2.18. The maximum Gasteiger partial charge on any atom is 0.263 e. The average molecular weight is 340 g/mol. The summed E-state index contributed by atoms with van der Waals surface area (Å²) >= 11 is 7.47. The lowest BCUT2D eigenvalue weighted by molar-refractivity contribution is 0.601. The third-order valence-electron chi connectivity index (χ3n) is 2.61. The fraction of sp³-hybridized carbons (Fsp3) is 0.0667. The second kappa shape index (κ2) is 7.02. The number of halogens is 1. The molecule has 0 atom stereocenters. The molecule has 0 saturated heterocycles. The van der Waals surface area contributed by atoms with Crippen LogP contribution in [0, 0.1) is 0 Å². The molecule has 2 aromatic carbocycles. The van der Waals surface area contributed by atoms with Crippen molar-refractivity contribution in [3.63, 3.8) is 0 Å². The standard InChI is InChI=1S/C15H14ClNO2S2/c1-2-11-20-14-9-5-4-8-13(14)17-21(18,19)15-10-6-3-7-12(15)16/h2-10,17H,1,11H2. The highest BCUT2D eigenvalue weighted by Crippen LogP contribution is 2.30. The number of anilines is 1. The molecule has 0 spiro atoms. The van der Waals surface area contributed by atoms with Gasteiger partial charge in [-0.2, -0.15) is 0 Å². The van der Waals surface area contributed by atoms with Crippen molar-refractivity contribution in [1.29, 1.82) is 0 Å². The summed E-state index contributed by atoms with van der Waals surface area (Å²) < 4.78 is 27.4. The van der Waals surface area contributed by atoms with Gasteiger partial charge in [0, 0.05) is 10.6 Å². The minimum atomic E-state index is -3.71. The van der Waals surface area contributed by atoms with Crippen LogP contribution in [0.3, 0.4) is 0 Å². The van der Waals surface area contributed by atoms with Gasteiger partial charge < -0.3 is 0 Å². The number of hydrogen-bond donors (Lipinski definition) is 1. The van der Waals surface area contributed by atoms with Crippen molar-refractivity contribution in [2.24, 2.45) is 0 Å². The predicted molar refractivity (Wildman–Crippen MR) is 89.6 cm³/mol. The normalized spacial score (nSPS) is 11.1. The lowest BCUT2D eigenvalue weighted by Gasteiger charge is -2.12. The second-order valence-electron chi connectivity index (χ2n) is 4.13. The van der Waals surface area contributed by atoms with E-state index in [0.717, 1.165) is 4.90 Å². The second-order valence-corrected chi connectivity index (χ2v) is 7.25. The lowest BCUT2D eigenvalue weighted by Crippen LogP contribution is -2.14. The minimum Gasteiger partial charge on any atom is -0.278 e. The Morgan fingerprint density at radius 2 is 1.81 bits per heavy atom. The van der Waals surface area contributed by atoms with Crippen LogP contribution in [0.5, 0.6) is 0 Å². The van der Waals surface area contributed by atoms with Crippen LogP contribution in [0.1, 0.15) is 0 Å². The fourth-order valence-electron chi connectivity index (χ4n) is 1.69.